The van der Waals surface area contributed by atoms with Gasteiger partial charge in [0, 0.05) is 10.9 Å². The lowest BCUT2D eigenvalue weighted by Crippen LogP contribution is -1.93. The third-order valence-electron chi connectivity index (χ3n) is 4.03. The lowest BCUT2D eigenvalue weighted by atomic mass is 9.97. The molecule has 0 aliphatic carbocycles. The van der Waals surface area contributed by atoms with Crippen molar-refractivity contribution in [1.82, 2.24) is 4.98 Å². The molecule has 1 aromatic heterocycles. The van der Waals surface area contributed by atoms with Gasteiger partial charge in [0.25, 0.3) is 0 Å². The van der Waals surface area contributed by atoms with E-state index in [0.29, 0.717) is 5.92 Å². The number of benzene rings is 2. The van der Waals surface area contributed by atoms with Gasteiger partial charge in [-0.2, -0.15) is 0 Å². The molecule has 0 aliphatic heterocycles. The van der Waals surface area contributed by atoms with Gasteiger partial charge in [-0.15, -0.1) is 0 Å². The van der Waals surface area contributed by atoms with Gasteiger partial charge in [-0.1, -0.05) is 61.8 Å². The van der Waals surface area contributed by atoms with Gasteiger partial charge in [0.15, 0.2) is 0 Å². The molecule has 0 saturated carbocycles. The first-order chi connectivity index (χ1) is 10.2. The van der Waals surface area contributed by atoms with Gasteiger partial charge < -0.3 is 0 Å². The minimum atomic E-state index is 0.541. The topological polar surface area (TPSA) is 12.9 Å². The molecule has 2 heteroatoms. The van der Waals surface area contributed by atoms with Crippen molar-refractivity contribution in [2.45, 2.75) is 26.2 Å². The summed E-state index contributed by atoms with van der Waals surface area (Å²) in [5.74, 6) is 0.541. The van der Waals surface area contributed by atoms with E-state index in [2.05, 4.69) is 44.2 Å². The summed E-state index contributed by atoms with van der Waals surface area (Å²) in [5.41, 5.74) is 4.28. The summed E-state index contributed by atoms with van der Waals surface area (Å²) < 4.78 is 0. The predicted molar refractivity (Wildman–Crippen MR) is 90.9 cm³/mol. The second kappa shape index (κ2) is 5.87. The number of fused-ring (bicyclic) bond motifs is 1. The van der Waals surface area contributed by atoms with Crippen molar-refractivity contribution in [3.63, 3.8) is 0 Å². The fourth-order valence-corrected chi connectivity index (χ4v) is 2.76. The zero-order chi connectivity index (χ0) is 14.8. The minimum Gasteiger partial charge on any atom is -0.248 e. The van der Waals surface area contributed by atoms with E-state index in [1.165, 1.54) is 5.56 Å². The van der Waals surface area contributed by atoms with Crippen molar-refractivity contribution < 1.29 is 0 Å². The molecule has 3 rings (SSSR count). The monoisotopic (exact) mass is 295 g/mol. The van der Waals surface area contributed by atoms with E-state index in [9.17, 15) is 0 Å². The van der Waals surface area contributed by atoms with E-state index in [0.717, 1.165) is 33.6 Å². The Kier molecular flexibility index (Phi) is 3.94. The van der Waals surface area contributed by atoms with Gasteiger partial charge in [0.1, 0.15) is 0 Å². The third-order valence-corrected chi connectivity index (χ3v) is 4.35. The first-order valence-electron chi connectivity index (χ1n) is 7.34. The summed E-state index contributed by atoms with van der Waals surface area (Å²) >= 11 is 6.49. The molecule has 0 bridgehead atoms. The lowest BCUT2D eigenvalue weighted by molar-refractivity contribution is 0.734. The molecular formula is C19H18ClN. The third kappa shape index (κ3) is 2.79. The van der Waals surface area contributed by atoms with Crippen LogP contribution in [0.5, 0.6) is 0 Å². The maximum atomic E-state index is 6.49. The van der Waals surface area contributed by atoms with Crippen LogP contribution in [-0.4, -0.2) is 4.98 Å². The van der Waals surface area contributed by atoms with Crippen molar-refractivity contribution in [3.05, 3.63) is 65.2 Å². The van der Waals surface area contributed by atoms with Crippen LogP contribution in [0.3, 0.4) is 0 Å². The largest absolute Gasteiger partial charge is 0.248 e. The summed E-state index contributed by atoms with van der Waals surface area (Å²) in [6.07, 6.45) is 1.12. The average Bonchev–Trinajstić information content (AvgIpc) is 2.54. The molecular weight excluding hydrogens is 278 g/mol. The molecule has 106 valence electrons. The highest BCUT2D eigenvalue weighted by molar-refractivity contribution is 6.35. The molecule has 21 heavy (non-hydrogen) atoms. The molecule has 2 aromatic carbocycles. The van der Waals surface area contributed by atoms with Crippen LogP contribution < -0.4 is 0 Å². The Morgan fingerprint density at radius 2 is 1.81 bits per heavy atom. The Balaban J connectivity index is 2.13. The van der Waals surface area contributed by atoms with Crippen molar-refractivity contribution in [1.29, 1.82) is 0 Å². The number of hydrogen-bond acceptors (Lipinski definition) is 1. The molecule has 0 N–H and O–H groups in total. The Morgan fingerprint density at radius 3 is 2.52 bits per heavy atom. The zero-order valence-corrected chi connectivity index (χ0v) is 13.1. The minimum absolute atomic E-state index is 0.541. The molecule has 3 aromatic rings. The van der Waals surface area contributed by atoms with E-state index >= 15 is 0 Å². The van der Waals surface area contributed by atoms with Crippen LogP contribution in [0.25, 0.3) is 22.2 Å². The predicted octanol–water partition coefficient (Wildman–Crippen LogP) is 6.07. The van der Waals surface area contributed by atoms with Gasteiger partial charge in [0.05, 0.1) is 16.2 Å². The molecule has 1 heterocycles. The van der Waals surface area contributed by atoms with Crippen LogP contribution in [0.15, 0.2) is 54.6 Å². The number of pyridine rings is 1. The Labute approximate surface area is 130 Å². The molecule has 0 fully saturated rings. The first-order valence-corrected chi connectivity index (χ1v) is 7.72. The second-order valence-corrected chi connectivity index (χ2v) is 5.85. The van der Waals surface area contributed by atoms with Gasteiger partial charge in [-0.25, -0.2) is 4.98 Å². The van der Waals surface area contributed by atoms with Gasteiger partial charge >= 0.3 is 0 Å². The van der Waals surface area contributed by atoms with Crippen molar-refractivity contribution >= 4 is 22.5 Å². The van der Waals surface area contributed by atoms with E-state index in [-0.39, 0.29) is 0 Å². The molecule has 1 unspecified atom stereocenters. The first kappa shape index (κ1) is 14.1. The van der Waals surface area contributed by atoms with Crippen molar-refractivity contribution in [2.75, 3.05) is 0 Å². The maximum Gasteiger partial charge on any atom is 0.0724 e. The SMILES string of the molecule is CCC(C)c1ccc2nc(-c3ccccc3)cc(Cl)c2c1. The smallest absolute Gasteiger partial charge is 0.0724 e. The van der Waals surface area contributed by atoms with Crippen LogP contribution in [0.4, 0.5) is 0 Å². The lowest BCUT2D eigenvalue weighted by Gasteiger charge is -2.11. The Morgan fingerprint density at radius 1 is 1.05 bits per heavy atom. The van der Waals surface area contributed by atoms with Crippen LogP contribution in [0.1, 0.15) is 31.7 Å². The quantitative estimate of drug-likeness (QED) is 0.571. The fraction of sp³-hybridized carbons (Fsp3) is 0.211. The van der Waals surface area contributed by atoms with Gasteiger partial charge in [-0.3, -0.25) is 0 Å². The summed E-state index contributed by atoms with van der Waals surface area (Å²) in [6, 6.07) is 18.5. The molecule has 1 nitrogen and oxygen atoms in total. The zero-order valence-electron chi connectivity index (χ0n) is 12.3. The second-order valence-electron chi connectivity index (χ2n) is 5.44. The van der Waals surface area contributed by atoms with Crippen LogP contribution in [-0.2, 0) is 0 Å². The standard InChI is InChI=1S/C19H18ClN/c1-3-13(2)15-9-10-18-16(11-15)17(20)12-19(21-18)14-7-5-4-6-8-14/h4-13H,3H2,1-2H3. The highest BCUT2D eigenvalue weighted by atomic mass is 35.5. The van der Waals surface area contributed by atoms with Crippen LogP contribution in [0.2, 0.25) is 5.02 Å². The summed E-state index contributed by atoms with van der Waals surface area (Å²) in [6.45, 7) is 4.44. The number of rotatable bonds is 3. The molecule has 0 radical (unpaired) electrons. The van der Waals surface area contributed by atoms with E-state index in [1.807, 2.05) is 24.3 Å². The van der Waals surface area contributed by atoms with Crippen molar-refractivity contribution in [2.24, 2.45) is 0 Å². The molecule has 0 aliphatic rings. The number of aromatic nitrogens is 1. The molecule has 0 amide bonds. The van der Waals surface area contributed by atoms with Crippen molar-refractivity contribution in [3.8, 4) is 11.3 Å². The normalized spacial score (nSPS) is 12.5. The number of nitrogens with zero attached hydrogens (tertiary/aromatic N) is 1. The molecule has 0 saturated heterocycles. The van der Waals surface area contributed by atoms with Gasteiger partial charge in [-0.05, 0) is 36.1 Å². The number of hydrogen-bond donors (Lipinski definition) is 0. The van der Waals surface area contributed by atoms with Gasteiger partial charge in [0.2, 0.25) is 0 Å². The maximum absolute atomic E-state index is 6.49. The van der Waals surface area contributed by atoms with E-state index in [1.54, 1.807) is 0 Å². The van der Waals surface area contributed by atoms with Crippen LogP contribution in [0, 0.1) is 0 Å². The highest BCUT2D eigenvalue weighted by Gasteiger charge is 2.09. The van der Waals surface area contributed by atoms with Crippen LogP contribution >= 0.6 is 11.6 Å². The summed E-state index contributed by atoms with van der Waals surface area (Å²) in [5, 5.41) is 1.80. The molecule has 0 spiro atoms. The fourth-order valence-electron chi connectivity index (χ4n) is 2.50. The summed E-state index contributed by atoms with van der Waals surface area (Å²) in [7, 11) is 0. The summed E-state index contributed by atoms with van der Waals surface area (Å²) in [4.78, 5) is 4.75. The number of halogens is 1. The Bertz CT molecular complexity index is 765. The van der Waals surface area contributed by atoms with E-state index < -0.39 is 0 Å². The molecule has 1 atom stereocenters. The van der Waals surface area contributed by atoms with E-state index in [4.69, 9.17) is 16.6 Å². The highest BCUT2D eigenvalue weighted by Crippen LogP contribution is 2.30. The Hall–Kier alpha value is -1.86. The average molecular weight is 296 g/mol.